The number of benzene rings is 1. The summed E-state index contributed by atoms with van der Waals surface area (Å²) in [5, 5.41) is 16.3. The lowest BCUT2D eigenvalue weighted by molar-refractivity contribution is -0.385. The molecule has 1 aromatic heterocycles. The molecule has 0 radical (unpaired) electrons. The number of nitrogens with zero attached hydrogens (tertiary/aromatic N) is 1. The Hall–Kier alpha value is -2.73. The maximum atomic E-state index is 13.4. The summed E-state index contributed by atoms with van der Waals surface area (Å²) >= 11 is 6.48. The van der Waals surface area contributed by atoms with Crippen LogP contribution in [0.15, 0.2) is 18.2 Å². The molecular formula is C19H18F3N3O4S2. The summed E-state index contributed by atoms with van der Waals surface area (Å²) in [4.78, 5) is 23.3. The van der Waals surface area contributed by atoms with Crippen LogP contribution in [0.3, 0.4) is 0 Å². The zero-order valence-corrected chi connectivity index (χ0v) is 18.1. The third-order valence-electron chi connectivity index (χ3n) is 4.90. The van der Waals surface area contributed by atoms with Gasteiger partial charge < -0.3 is 15.4 Å². The molecule has 1 heterocycles. The van der Waals surface area contributed by atoms with Gasteiger partial charge in [0.05, 0.1) is 28.8 Å². The molecule has 0 saturated heterocycles. The van der Waals surface area contributed by atoms with Gasteiger partial charge in [0.15, 0.2) is 5.11 Å². The standard InChI is InChI=1S/C19H18F3N3O4S2/c1-9-3-5-11-14(7-9)31-16(15(11)17(26)29-2)24-18(30)23-13-6-4-10(25(27)28)8-12(13)19(20,21)22/h4,6,8-9H,3,5,7H2,1-2H3,(H2,23,24,30). The second kappa shape index (κ2) is 8.79. The van der Waals surface area contributed by atoms with Crippen molar-refractivity contribution in [1.29, 1.82) is 0 Å². The predicted molar refractivity (Wildman–Crippen MR) is 115 cm³/mol. The number of non-ortho nitro benzene ring substituents is 1. The van der Waals surface area contributed by atoms with Crippen LogP contribution in [-0.2, 0) is 23.8 Å². The molecule has 2 aromatic rings. The molecule has 0 bridgehead atoms. The molecule has 0 amide bonds. The first-order valence-electron chi connectivity index (χ1n) is 9.17. The van der Waals surface area contributed by atoms with Crippen molar-refractivity contribution in [3.63, 3.8) is 0 Å². The lowest BCUT2D eigenvalue weighted by atomic mass is 9.88. The first-order valence-corrected chi connectivity index (χ1v) is 10.4. The summed E-state index contributed by atoms with van der Waals surface area (Å²) in [5.41, 5.74) is -1.15. The first kappa shape index (κ1) is 22.9. The molecule has 0 spiro atoms. The topological polar surface area (TPSA) is 93.5 Å². The maximum absolute atomic E-state index is 13.4. The van der Waals surface area contributed by atoms with Crippen LogP contribution in [0.4, 0.5) is 29.5 Å². The number of fused-ring (bicyclic) bond motifs is 1. The maximum Gasteiger partial charge on any atom is 0.418 e. The Morgan fingerprint density at radius 1 is 1.35 bits per heavy atom. The van der Waals surface area contributed by atoms with Crippen molar-refractivity contribution in [3.05, 3.63) is 49.9 Å². The third kappa shape index (κ3) is 4.96. The van der Waals surface area contributed by atoms with Crippen LogP contribution in [-0.4, -0.2) is 23.1 Å². The van der Waals surface area contributed by atoms with Crippen LogP contribution >= 0.6 is 23.6 Å². The van der Waals surface area contributed by atoms with Crippen molar-refractivity contribution >= 4 is 51.0 Å². The number of thiophene rings is 1. The summed E-state index contributed by atoms with van der Waals surface area (Å²) in [6, 6.07) is 2.33. The van der Waals surface area contributed by atoms with Crippen LogP contribution < -0.4 is 10.6 Å². The number of carbonyl (C=O) groups excluding carboxylic acids is 1. The molecule has 7 nitrogen and oxygen atoms in total. The Balaban J connectivity index is 1.90. The number of alkyl halides is 3. The van der Waals surface area contributed by atoms with E-state index in [-0.39, 0.29) is 5.11 Å². The molecule has 1 aliphatic rings. The minimum atomic E-state index is -4.83. The SMILES string of the molecule is COC(=O)c1c(NC(=S)Nc2ccc([N+](=O)[O-])cc2C(F)(F)F)sc2c1CCC(C)C2. The predicted octanol–water partition coefficient (Wildman–Crippen LogP) is 5.40. The van der Waals surface area contributed by atoms with E-state index in [9.17, 15) is 28.1 Å². The number of thiocarbonyl (C=S) groups is 1. The number of esters is 1. The zero-order valence-electron chi connectivity index (χ0n) is 16.5. The average molecular weight is 473 g/mol. The van der Waals surface area contributed by atoms with E-state index < -0.39 is 34.0 Å². The number of nitrogens with one attached hydrogen (secondary N) is 2. The van der Waals surface area contributed by atoms with Gasteiger partial charge in [-0.3, -0.25) is 10.1 Å². The third-order valence-corrected chi connectivity index (χ3v) is 6.27. The van der Waals surface area contributed by atoms with Gasteiger partial charge in [0, 0.05) is 17.0 Å². The van der Waals surface area contributed by atoms with Gasteiger partial charge in [-0.1, -0.05) is 6.92 Å². The molecule has 0 fully saturated rings. The molecule has 0 saturated carbocycles. The van der Waals surface area contributed by atoms with Crippen LogP contribution in [0.5, 0.6) is 0 Å². The molecule has 1 aromatic carbocycles. The molecule has 1 atom stereocenters. The van der Waals surface area contributed by atoms with Crippen molar-refractivity contribution in [1.82, 2.24) is 0 Å². The molecule has 0 aliphatic heterocycles. The monoisotopic (exact) mass is 473 g/mol. The molecule has 1 unspecified atom stereocenters. The highest BCUT2D eigenvalue weighted by molar-refractivity contribution is 7.80. The average Bonchev–Trinajstić information content (AvgIpc) is 3.03. The fourth-order valence-electron chi connectivity index (χ4n) is 3.40. The Kier molecular flexibility index (Phi) is 6.51. The van der Waals surface area contributed by atoms with E-state index in [1.807, 2.05) is 0 Å². The molecule has 3 rings (SSSR count). The van der Waals surface area contributed by atoms with Crippen molar-refractivity contribution in [2.24, 2.45) is 5.92 Å². The van der Waals surface area contributed by atoms with Crippen LogP contribution in [0.2, 0.25) is 0 Å². The van der Waals surface area contributed by atoms with Gasteiger partial charge in [-0.05, 0) is 49.0 Å². The minimum absolute atomic E-state index is 0.184. The van der Waals surface area contributed by atoms with E-state index in [4.69, 9.17) is 17.0 Å². The summed E-state index contributed by atoms with van der Waals surface area (Å²) in [5.74, 6) is -0.104. The Morgan fingerprint density at radius 3 is 2.68 bits per heavy atom. The van der Waals surface area contributed by atoms with Gasteiger partial charge >= 0.3 is 12.1 Å². The molecular weight excluding hydrogens is 455 g/mol. The lowest BCUT2D eigenvalue weighted by Crippen LogP contribution is -2.22. The second-order valence-corrected chi connectivity index (χ2v) is 8.62. The number of anilines is 2. The summed E-state index contributed by atoms with van der Waals surface area (Å²) in [6.07, 6.45) is -2.45. The number of nitro groups is 1. The number of hydrogen-bond acceptors (Lipinski definition) is 6. The van der Waals surface area contributed by atoms with Crippen LogP contribution in [0.1, 0.15) is 39.7 Å². The smallest absolute Gasteiger partial charge is 0.418 e. The zero-order chi connectivity index (χ0) is 22.9. The highest BCUT2D eigenvalue weighted by Crippen LogP contribution is 2.41. The van der Waals surface area contributed by atoms with Gasteiger partial charge in [-0.25, -0.2) is 4.79 Å². The lowest BCUT2D eigenvalue weighted by Gasteiger charge is -2.18. The quantitative estimate of drug-likeness (QED) is 0.266. The number of carbonyl (C=O) groups is 1. The Labute approximate surface area is 184 Å². The van der Waals surface area contributed by atoms with Gasteiger partial charge in [0.25, 0.3) is 5.69 Å². The Bertz CT molecular complexity index is 1050. The minimum Gasteiger partial charge on any atom is -0.465 e. The number of halogens is 3. The summed E-state index contributed by atoms with van der Waals surface area (Å²) in [6.45, 7) is 2.10. The fourth-order valence-corrected chi connectivity index (χ4v) is 5.08. The van der Waals surface area contributed by atoms with Crippen molar-refractivity contribution in [2.45, 2.75) is 32.4 Å². The van der Waals surface area contributed by atoms with E-state index >= 15 is 0 Å². The van der Waals surface area contributed by atoms with Gasteiger partial charge in [0.1, 0.15) is 5.00 Å². The molecule has 12 heteroatoms. The molecule has 2 N–H and O–H groups in total. The number of hydrogen-bond donors (Lipinski definition) is 2. The summed E-state index contributed by atoms with van der Waals surface area (Å²) in [7, 11) is 1.25. The first-order chi connectivity index (χ1) is 14.5. The van der Waals surface area contributed by atoms with Crippen LogP contribution in [0.25, 0.3) is 0 Å². The van der Waals surface area contributed by atoms with Gasteiger partial charge in [-0.2, -0.15) is 13.2 Å². The summed E-state index contributed by atoms with van der Waals surface area (Å²) < 4.78 is 45.1. The number of nitro benzene ring substituents is 1. The van der Waals surface area contributed by atoms with E-state index in [1.165, 1.54) is 18.4 Å². The Morgan fingerprint density at radius 2 is 2.06 bits per heavy atom. The van der Waals surface area contributed by atoms with E-state index in [2.05, 4.69) is 17.6 Å². The van der Waals surface area contributed by atoms with E-state index in [0.717, 1.165) is 35.4 Å². The van der Waals surface area contributed by atoms with Crippen LogP contribution in [0, 0.1) is 16.0 Å². The highest BCUT2D eigenvalue weighted by atomic mass is 32.1. The number of methoxy groups -OCH3 is 1. The molecule has 31 heavy (non-hydrogen) atoms. The van der Waals surface area contributed by atoms with E-state index in [1.54, 1.807) is 0 Å². The second-order valence-electron chi connectivity index (χ2n) is 7.11. The fraction of sp³-hybridized carbons (Fsp3) is 0.368. The van der Waals surface area contributed by atoms with E-state index in [0.29, 0.717) is 29.0 Å². The van der Waals surface area contributed by atoms with Crippen molar-refractivity contribution in [2.75, 3.05) is 17.7 Å². The number of rotatable bonds is 4. The van der Waals surface area contributed by atoms with Crippen molar-refractivity contribution in [3.8, 4) is 0 Å². The normalized spacial score (nSPS) is 15.7. The molecule has 1 aliphatic carbocycles. The number of ether oxygens (including phenoxy) is 1. The van der Waals surface area contributed by atoms with Crippen molar-refractivity contribution < 1.29 is 27.6 Å². The largest absolute Gasteiger partial charge is 0.465 e. The van der Waals surface area contributed by atoms with Gasteiger partial charge in [-0.15, -0.1) is 11.3 Å². The molecule has 166 valence electrons. The van der Waals surface area contributed by atoms with Gasteiger partial charge in [0.2, 0.25) is 0 Å². The highest BCUT2D eigenvalue weighted by Gasteiger charge is 2.36.